The lowest BCUT2D eigenvalue weighted by Crippen LogP contribution is -2.42. The molecule has 0 amide bonds. The normalized spacial score (nSPS) is 16.6. The number of benzene rings is 1. The number of hydrogen-bond donors (Lipinski definition) is 1. The summed E-state index contributed by atoms with van der Waals surface area (Å²) in [4.78, 5) is 6.64. The van der Waals surface area contributed by atoms with Crippen LogP contribution in [0.1, 0.15) is 19.4 Å². The number of ether oxygens (including phenoxy) is 1. The summed E-state index contributed by atoms with van der Waals surface area (Å²) in [6.45, 7) is 6.67. The second-order valence-corrected chi connectivity index (χ2v) is 6.31. The largest absolute Gasteiger partial charge is 0.491 e. The van der Waals surface area contributed by atoms with Gasteiger partial charge in [-0.2, -0.15) is 11.8 Å². The van der Waals surface area contributed by atoms with Crippen molar-refractivity contribution in [2.45, 2.75) is 26.5 Å². The highest BCUT2D eigenvalue weighted by Gasteiger charge is 2.11. The van der Waals surface area contributed by atoms with E-state index >= 15 is 0 Å². The van der Waals surface area contributed by atoms with Gasteiger partial charge in [-0.3, -0.25) is 0 Å². The van der Waals surface area contributed by atoms with Crippen molar-refractivity contribution in [3.63, 3.8) is 0 Å². The summed E-state index contributed by atoms with van der Waals surface area (Å²) in [6, 6.07) is 8.05. The Kier molecular flexibility index (Phi) is 5.59. The van der Waals surface area contributed by atoms with Crippen LogP contribution in [0.2, 0.25) is 0 Å². The van der Waals surface area contributed by atoms with Crippen LogP contribution < -0.4 is 10.5 Å². The van der Waals surface area contributed by atoms with Crippen LogP contribution in [0, 0.1) is 0 Å². The third-order valence-corrected chi connectivity index (χ3v) is 4.00. The number of aliphatic imine (C=N–C) groups is 1. The Morgan fingerprint density at radius 2 is 1.95 bits per heavy atom. The predicted molar refractivity (Wildman–Crippen MR) is 86.4 cm³/mol. The van der Waals surface area contributed by atoms with E-state index in [1.807, 2.05) is 49.9 Å². The minimum atomic E-state index is 0.200. The average molecular weight is 293 g/mol. The topological polar surface area (TPSA) is 50.9 Å². The van der Waals surface area contributed by atoms with Gasteiger partial charge >= 0.3 is 0 Å². The Morgan fingerprint density at radius 1 is 1.30 bits per heavy atom. The van der Waals surface area contributed by atoms with E-state index in [-0.39, 0.29) is 6.10 Å². The van der Waals surface area contributed by atoms with Crippen molar-refractivity contribution in [3.8, 4) is 5.75 Å². The van der Waals surface area contributed by atoms with E-state index in [2.05, 4.69) is 9.89 Å². The van der Waals surface area contributed by atoms with E-state index in [1.54, 1.807) is 0 Å². The molecular formula is C15H23N3OS. The first-order chi connectivity index (χ1) is 9.65. The fraction of sp³-hybridized carbons (Fsp3) is 0.533. The van der Waals surface area contributed by atoms with Crippen LogP contribution in [0.3, 0.4) is 0 Å². The molecule has 0 aliphatic carbocycles. The van der Waals surface area contributed by atoms with Gasteiger partial charge in [0.05, 0.1) is 12.6 Å². The van der Waals surface area contributed by atoms with Gasteiger partial charge in [0.25, 0.3) is 0 Å². The van der Waals surface area contributed by atoms with E-state index < -0.39 is 0 Å². The molecule has 1 aliphatic heterocycles. The van der Waals surface area contributed by atoms with Crippen LogP contribution in [0.15, 0.2) is 29.3 Å². The summed E-state index contributed by atoms with van der Waals surface area (Å²) >= 11 is 1.97. The van der Waals surface area contributed by atoms with E-state index in [9.17, 15) is 0 Å². The van der Waals surface area contributed by atoms with Gasteiger partial charge in [0.1, 0.15) is 5.75 Å². The molecule has 0 aromatic heterocycles. The molecule has 1 fully saturated rings. The van der Waals surface area contributed by atoms with Gasteiger partial charge in [0.15, 0.2) is 5.96 Å². The van der Waals surface area contributed by atoms with Crippen molar-refractivity contribution in [2.24, 2.45) is 10.7 Å². The number of nitrogens with two attached hydrogens (primary N) is 1. The van der Waals surface area contributed by atoms with Crippen molar-refractivity contribution in [3.05, 3.63) is 29.8 Å². The molecule has 0 radical (unpaired) electrons. The van der Waals surface area contributed by atoms with Gasteiger partial charge in [-0.25, -0.2) is 4.99 Å². The fourth-order valence-corrected chi connectivity index (χ4v) is 2.91. The van der Waals surface area contributed by atoms with Crippen molar-refractivity contribution < 1.29 is 4.74 Å². The standard InChI is InChI=1S/C15H23N3OS/c1-12(2)19-14-5-3-13(4-6-14)11-17-15(16)18-7-9-20-10-8-18/h3-6,12H,7-11H2,1-2H3,(H2,16,17). The van der Waals surface area contributed by atoms with Crippen molar-refractivity contribution in [2.75, 3.05) is 24.6 Å². The zero-order valence-corrected chi connectivity index (χ0v) is 13.0. The van der Waals surface area contributed by atoms with Crippen molar-refractivity contribution >= 4 is 17.7 Å². The Morgan fingerprint density at radius 3 is 2.55 bits per heavy atom. The average Bonchev–Trinajstić information content (AvgIpc) is 2.46. The number of rotatable bonds is 4. The summed E-state index contributed by atoms with van der Waals surface area (Å²) in [7, 11) is 0. The van der Waals surface area contributed by atoms with E-state index in [4.69, 9.17) is 10.5 Å². The van der Waals surface area contributed by atoms with E-state index in [0.29, 0.717) is 12.5 Å². The monoisotopic (exact) mass is 293 g/mol. The molecule has 0 saturated carbocycles. The molecule has 1 aliphatic rings. The maximum atomic E-state index is 6.03. The lowest BCUT2D eigenvalue weighted by Gasteiger charge is -2.27. The van der Waals surface area contributed by atoms with Gasteiger partial charge in [-0.15, -0.1) is 0 Å². The Bertz CT molecular complexity index is 439. The summed E-state index contributed by atoms with van der Waals surface area (Å²) in [5, 5.41) is 0. The molecule has 5 heteroatoms. The van der Waals surface area contributed by atoms with Crippen molar-refractivity contribution in [1.82, 2.24) is 4.90 Å². The fourth-order valence-electron chi connectivity index (χ4n) is 2.01. The highest BCUT2D eigenvalue weighted by atomic mass is 32.2. The minimum Gasteiger partial charge on any atom is -0.491 e. The highest BCUT2D eigenvalue weighted by Crippen LogP contribution is 2.14. The summed E-state index contributed by atoms with van der Waals surface area (Å²) in [6.07, 6.45) is 0.200. The molecular weight excluding hydrogens is 270 g/mol. The molecule has 0 atom stereocenters. The highest BCUT2D eigenvalue weighted by molar-refractivity contribution is 7.99. The Balaban J connectivity index is 1.89. The lowest BCUT2D eigenvalue weighted by atomic mass is 10.2. The molecule has 4 nitrogen and oxygen atoms in total. The molecule has 0 unspecified atom stereocenters. The van der Waals surface area contributed by atoms with Crippen LogP contribution >= 0.6 is 11.8 Å². The number of guanidine groups is 1. The molecule has 0 spiro atoms. The second-order valence-electron chi connectivity index (χ2n) is 5.08. The molecule has 110 valence electrons. The molecule has 2 rings (SSSR count). The van der Waals surface area contributed by atoms with Crippen LogP contribution in [-0.4, -0.2) is 41.6 Å². The molecule has 0 bridgehead atoms. The Hall–Kier alpha value is -1.36. The SMILES string of the molecule is CC(C)Oc1ccc(CN=C(N)N2CCSCC2)cc1. The molecule has 1 aromatic carbocycles. The van der Waals surface area contributed by atoms with Crippen molar-refractivity contribution in [1.29, 1.82) is 0 Å². The molecule has 20 heavy (non-hydrogen) atoms. The number of thioether (sulfide) groups is 1. The number of nitrogens with zero attached hydrogens (tertiary/aromatic N) is 2. The van der Waals surface area contributed by atoms with Crippen LogP contribution in [0.5, 0.6) is 5.75 Å². The first-order valence-corrected chi connectivity index (χ1v) is 8.19. The van der Waals surface area contributed by atoms with Crippen LogP contribution in [-0.2, 0) is 6.54 Å². The summed E-state index contributed by atoms with van der Waals surface area (Å²) < 4.78 is 5.62. The summed E-state index contributed by atoms with van der Waals surface area (Å²) in [5.74, 6) is 3.83. The first-order valence-electron chi connectivity index (χ1n) is 7.03. The van der Waals surface area contributed by atoms with Gasteiger partial charge in [-0.05, 0) is 31.5 Å². The van der Waals surface area contributed by atoms with E-state index in [0.717, 1.165) is 35.9 Å². The first kappa shape index (κ1) is 15.0. The van der Waals surface area contributed by atoms with Gasteiger partial charge in [0.2, 0.25) is 0 Å². The van der Waals surface area contributed by atoms with Gasteiger partial charge < -0.3 is 15.4 Å². The quantitative estimate of drug-likeness (QED) is 0.684. The smallest absolute Gasteiger partial charge is 0.191 e. The molecule has 1 aromatic rings. The minimum absolute atomic E-state index is 0.200. The third-order valence-electron chi connectivity index (χ3n) is 3.05. The van der Waals surface area contributed by atoms with Gasteiger partial charge in [-0.1, -0.05) is 12.1 Å². The Labute approximate surface area is 125 Å². The third kappa shape index (κ3) is 4.63. The van der Waals surface area contributed by atoms with Gasteiger partial charge in [0, 0.05) is 24.6 Å². The molecule has 1 heterocycles. The molecule has 1 saturated heterocycles. The predicted octanol–water partition coefficient (Wildman–Crippen LogP) is 2.34. The van der Waals surface area contributed by atoms with Crippen LogP contribution in [0.25, 0.3) is 0 Å². The maximum Gasteiger partial charge on any atom is 0.191 e. The second kappa shape index (κ2) is 7.43. The number of hydrogen-bond acceptors (Lipinski definition) is 3. The van der Waals surface area contributed by atoms with E-state index in [1.165, 1.54) is 0 Å². The zero-order chi connectivity index (χ0) is 14.4. The lowest BCUT2D eigenvalue weighted by molar-refractivity contribution is 0.242. The summed E-state index contributed by atoms with van der Waals surface area (Å²) in [5.41, 5.74) is 7.18. The van der Waals surface area contributed by atoms with Crippen LogP contribution in [0.4, 0.5) is 0 Å². The molecule has 2 N–H and O–H groups in total. The maximum absolute atomic E-state index is 6.03. The zero-order valence-electron chi connectivity index (χ0n) is 12.2.